The maximum absolute atomic E-state index is 13.1. The molecule has 1 atom stereocenters. The number of rotatable bonds is 0. The highest BCUT2D eigenvalue weighted by molar-refractivity contribution is 5.38. The van der Waals surface area contributed by atoms with E-state index < -0.39 is 35.8 Å². The summed E-state index contributed by atoms with van der Waals surface area (Å²) in [5, 5.41) is 9.25. The number of halogens is 5. The third-order valence-corrected chi connectivity index (χ3v) is 2.69. The second-order valence-electron chi connectivity index (χ2n) is 3.76. The molecule has 1 aromatic rings. The Morgan fingerprint density at radius 3 is 2.56 bits per heavy atom. The molecule has 1 heterocycles. The summed E-state index contributed by atoms with van der Waals surface area (Å²) in [5.41, 5.74) is -1.90. The first kappa shape index (κ1) is 11.4. The molecule has 0 saturated carbocycles. The Morgan fingerprint density at radius 2 is 2.00 bits per heavy atom. The fraction of sp³-hybridized carbons (Fsp3) is 0.556. The molecule has 1 aliphatic rings. The molecule has 2 nitrogen and oxygen atoms in total. The molecule has 0 amide bonds. The number of aliphatic hydroxyl groups excluding tert-OH is 1. The molecular weight excluding hydrogens is 233 g/mol. The highest BCUT2D eigenvalue weighted by Gasteiger charge is 2.49. The minimum atomic E-state index is -4.74. The Bertz CT molecular complexity index is 409. The Balaban J connectivity index is 2.53. The van der Waals surface area contributed by atoms with Crippen LogP contribution in [0.15, 0.2) is 6.20 Å². The van der Waals surface area contributed by atoms with E-state index in [9.17, 15) is 27.1 Å². The summed E-state index contributed by atoms with van der Waals surface area (Å²) < 4.78 is 63.6. The SMILES string of the molecule is OC1c2c(C(F)(F)F)c[nH]c2CCC1(F)F. The lowest BCUT2D eigenvalue weighted by molar-refractivity contribution is -0.147. The third kappa shape index (κ3) is 1.59. The van der Waals surface area contributed by atoms with Gasteiger partial charge in [-0.05, 0) is 6.42 Å². The average molecular weight is 241 g/mol. The van der Waals surface area contributed by atoms with Crippen molar-refractivity contribution in [2.45, 2.75) is 31.0 Å². The number of aromatic nitrogens is 1. The van der Waals surface area contributed by atoms with E-state index in [-0.39, 0.29) is 12.1 Å². The molecule has 0 spiro atoms. The van der Waals surface area contributed by atoms with Crippen LogP contribution in [0.4, 0.5) is 22.0 Å². The number of hydrogen-bond acceptors (Lipinski definition) is 1. The fourth-order valence-corrected chi connectivity index (χ4v) is 1.87. The first-order valence-corrected chi connectivity index (χ1v) is 4.56. The van der Waals surface area contributed by atoms with Gasteiger partial charge in [-0.3, -0.25) is 0 Å². The number of aryl methyl sites for hydroxylation is 1. The predicted molar refractivity (Wildman–Crippen MR) is 44.0 cm³/mol. The van der Waals surface area contributed by atoms with Gasteiger partial charge in [0.2, 0.25) is 0 Å². The lowest BCUT2D eigenvalue weighted by Gasteiger charge is -2.28. The topological polar surface area (TPSA) is 36.0 Å². The van der Waals surface area contributed by atoms with Gasteiger partial charge in [0.15, 0.2) is 0 Å². The van der Waals surface area contributed by atoms with Gasteiger partial charge in [-0.25, -0.2) is 8.78 Å². The van der Waals surface area contributed by atoms with Crippen LogP contribution in [0.1, 0.15) is 29.3 Å². The van der Waals surface area contributed by atoms with E-state index in [1.165, 1.54) is 0 Å². The molecule has 2 rings (SSSR count). The van der Waals surface area contributed by atoms with Crippen molar-refractivity contribution in [3.05, 3.63) is 23.0 Å². The van der Waals surface area contributed by atoms with Crippen molar-refractivity contribution >= 4 is 0 Å². The molecule has 1 unspecified atom stereocenters. The number of aliphatic hydroxyl groups is 1. The number of aromatic amines is 1. The molecule has 0 radical (unpaired) electrons. The number of hydrogen-bond donors (Lipinski definition) is 2. The first-order valence-electron chi connectivity index (χ1n) is 4.56. The highest BCUT2D eigenvalue weighted by atomic mass is 19.4. The van der Waals surface area contributed by atoms with Gasteiger partial charge in [-0.1, -0.05) is 0 Å². The second-order valence-corrected chi connectivity index (χ2v) is 3.76. The third-order valence-electron chi connectivity index (χ3n) is 2.69. The van der Waals surface area contributed by atoms with Crippen LogP contribution in [0.2, 0.25) is 0 Å². The summed E-state index contributed by atoms with van der Waals surface area (Å²) in [6, 6.07) is 0. The maximum Gasteiger partial charge on any atom is 0.418 e. The van der Waals surface area contributed by atoms with E-state index in [0.717, 1.165) is 0 Å². The van der Waals surface area contributed by atoms with Crippen molar-refractivity contribution < 1.29 is 27.1 Å². The number of alkyl halides is 5. The summed E-state index contributed by atoms with van der Waals surface area (Å²) in [6.45, 7) is 0. The molecular formula is C9H8F5NO. The van der Waals surface area contributed by atoms with E-state index in [1.54, 1.807) is 0 Å². The zero-order valence-corrected chi connectivity index (χ0v) is 7.91. The van der Waals surface area contributed by atoms with Gasteiger partial charge in [-0.15, -0.1) is 0 Å². The fourth-order valence-electron chi connectivity index (χ4n) is 1.87. The molecule has 7 heteroatoms. The van der Waals surface area contributed by atoms with Crippen LogP contribution < -0.4 is 0 Å². The van der Waals surface area contributed by atoms with Crippen molar-refractivity contribution in [1.82, 2.24) is 4.98 Å². The zero-order chi connectivity index (χ0) is 12.1. The Hall–Kier alpha value is -1.11. The Labute approximate surface area is 87.1 Å². The van der Waals surface area contributed by atoms with Gasteiger partial charge in [0.25, 0.3) is 5.92 Å². The smallest absolute Gasteiger partial charge is 0.382 e. The first-order chi connectivity index (χ1) is 7.23. The highest BCUT2D eigenvalue weighted by Crippen LogP contribution is 2.46. The number of fused-ring (bicyclic) bond motifs is 1. The molecule has 0 bridgehead atoms. The summed E-state index contributed by atoms with van der Waals surface area (Å²) in [7, 11) is 0. The maximum atomic E-state index is 13.1. The van der Waals surface area contributed by atoms with Crippen LogP contribution in [0.25, 0.3) is 0 Å². The summed E-state index contributed by atoms with van der Waals surface area (Å²) >= 11 is 0. The molecule has 90 valence electrons. The van der Waals surface area contributed by atoms with Gasteiger partial charge in [0, 0.05) is 23.9 Å². The quantitative estimate of drug-likeness (QED) is 0.673. The van der Waals surface area contributed by atoms with Crippen LogP contribution >= 0.6 is 0 Å². The zero-order valence-electron chi connectivity index (χ0n) is 7.91. The summed E-state index contributed by atoms with van der Waals surface area (Å²) in [6.07, 6.45) is -7.36. The molecule has 2 N–H and O–H groups in total. The minimum absolute atomic E-state index is 0.0331. The van der Waals surface area contributed by atoms with Gasteiger partial charge in [0.05, 0.1) is 5.56 Å². The van der Waals surface area contributed by atoms with E-state index in [0.29, 0.717) is 6.20 Å². The van der Waals surface area contributed by atoms with E-state index in [2.05, 4.69) is 4.98 Å². The molecule has 0 aromatic carbocycles. The van der Waals surface area contributed by atoms with Crippen LogP contribution in [-0.2, 0) is 12.6 Å². The largest absolute Gasteiger partial charge is 0.418 e. The lowest BCUT2D eigenvalue weighted by Crippen LogP contribution is -2.32. The van der Waals surface area contributed by atoms with Crippen molar-refractivity contribution in [2.24, 2.45) is 0 Å². The van der Waals surface area contributed by atoms with E-state index in [1.807, 2.05) is 0 Å². The van der Waals surface area contributed by atoms with Crippen molar-refractivity contribution in [2.75, 3.05) is 0 Å². The number of nitrogens with one attached hydrogen (secondary N) is 1. The normalized spacial score (nSPS) is 24.2. The van der Waals surface area contributed by atoms with Crippen molar-refractivity contribution in [1.29, 1.82) is 0 Å². The van der Waals surface area contributed by atoms with Crippen LogP contribution in [-0.4, -0.2) is 16.0 Å². The van der Waals surface area contributed by atoms with E-state index in [4.69, 9.17) is 0 Å². The Morgan fingerprint density at radius 1 is 1.38 bits per heavy atom. The lowest BCUT2D eigenvalue weighted by atomic mass is 9.89. The second kappa shape index (κ2) is 3.19. The van der Waals surface area contributed by atoms with Gasteiger partial charge < -0.3 is 10.1 Å². The van der Waals surface area contributed by atoms with Gasteiger partial charge in [0.1, 0.15) is 6.10 Å². The van der Waals surface area contributed by atoms with Gasteiger partial charge >= 0.3 is 6.18 Å². The molecule has 1 aliphatic carbocycles. The molecule has 0 aliphatic heterocycles. The van der Waals surface area contributed by atoms with Gasteiger partial charge in [-0.2, -0.15) is 13.2 Å². The molecule has 16 heavy (non-hydrogen) atoms. The number of H-pyrrole nitrogens is 1. The van der Waals surface area contributed by atoms with Crippen LogP contribution in [0.5, 0.6) is 0 Å². The summed E-state index contributed by atoms with van der Waals surface area (Å²) in [4.78, 5) is 2.29. The molecule has 0 saturated heterocycles. The predicted octanol–water partition coefficient (Wildman–Crippen LogP) is 2.65. The Kier molecular flexibility index (Phi) is 2.27. The molecule has 0 fully saturated rings. The van der Waals surface area contributed by atoms with E-state index >= 15 is 0 Å². The monoisotopic (exact) mass is 241 g/mol. The van der Waals surface area contributed by atoms with Crippen molar-refractivity contribution in [3.63, 3.8) is 0 Å². The van der Waals surface area contributed by atoms with Crippen LogP contribution in [0, 0.1) is 0 Å². The average Bonchev–Trinajstić information content (AvgIpc) is 2.55. The molecule has 1 aromatic heterocycles. The summed E-state index contributed by atoms with van der Waals surface area (Å²) in [5.74, 6) is -3.50. The minimum Gasteiger partial charge on any atom is -0.382 e. The standard InChI is InChI=1S/C9H8F5NO/c10-8(11)2-1-5-6(7(8)16)4(3-15-5)9(12,13)14/h3,7,15-16H,1-2H2. The van der Waals surface area contributed by atoms with Crippen LogP contribution in [0.3, 0.4) is 0 Å². The van der Waals surface area contributed by atoms with Crippen molar-refractivity contribution in [3.8, 4) is 0 Å².